The number of nitrogens with one attached hydrogen (secondary N) is 5. The summed E-state index contributed by atoms with van der Waals surface area (Å²) in [5.41, 5.74) is 6.85. The molecule has 19 nitrogen and oxygen atoms in total. The maximum absolute atomic E-state index is 13.6. The number of Topliss-reactive ketones (excluding diaryl/α,β-unsaturated/α-hetero) is 1. The highest BCUT2D eigenvalue weighted by Gasteiger charge is 2.45. The van der Waals surface area contributed by atoms with Gasteiger partial charge in [-0.05, 0) is 67.1 Å². The lowest BCUT2D eigenvalue weighted by molar-refractivity contribution is -0.172. The normalized spacial score (nSPS) is 15.8. The minimum atomic E-state index is -1.95. The molecule has 2 aliphatic heterocycles. The van der Waals surface area contributed by atoms with Crippen molar-refractivity contribution in [3.05, 3.63) is 87.2 Å². The van der Waals surface area contributed by atoms with Gasteiger partial charge in [-0.2, -0.15) is 0 Å². The Morgan fingerprint density at radius 1 is 0.954 bits per heavy atom. The molecule has 65 heavy (non-hydrogen) atoms. The van der Waals surface area contributed by atoms with Crippen LogP contribution in [-0.2, 0) is 58.8 Å². The number of pyridine rings is 2. The number of ether oxygens (including phenoxy) is 2. The number of rotatable bonds is 18. The maximum Gasteiger partial charge on any atom is 0.411 e. The standard InChI is InChI=1S/C46H54N8O11/c1-6-46(63)31-20-35-39-27(21-54(35)42(59)30(31)23-64-43(46)60)19-29-32(50-39)9-7-10-33(29)52-45(62)65-22-26-12-14-28(15-13-26)49-40(57)34(11-8-18-48-44(47)61)51-41(58)38(25(4)5)53-37(56)17-16-36(55)24(2)3/h7,9-10,12-15,19-20,24-25,34,38,63H,6,8,11,16-18,21-23H2,1-5H3,(H,49,57)(H,51,58)(H,52,62)(H,53,56)(H3,47,48,61)/t34-,38-,46-/m0/s1. The lowest BCUT2D eigenvalue weighted by atomic mass is 9.86. The zero-order valence-corrected chi connectivity index (χ0v) is 36.9. The lowest BCUT2D eigenvalue weighted by Gasteiger charge is -2.31. The third-order valence-electron chi connectivity index (χ3n) is 11.5. The number of hydrogen-bond donors (Lipinski definition) is 7. The molecule has 0 spiro atoms. The predicted molar refractivity (Wildman–Crippen MR) is 238 cm³/mol. The van der Waals surface area contributed by atoms with Crippen LogP contribution in [0.3, 0.4) is 0 Å². The number of primary amides is 1. The number of carbonyl (C=O) groups excluding carboxylic acids is 7. The minimum absolute atomic E-state index is 0.0220. The molecule has 2 aromatic heterocycles. The Labute approximate surface area is 374 Å². The smallest absolute Gasteiger partial charge is 0.411 e. The van der Waals surface area contributed by atoms with Gasteiger partial charge in [0.2, 0.25) is 17.7 Å². The van der Waals surface area contributed by atoms with Gasteiger partial charge < -0.3 is 46.1 Å². The molecule has 3 atom stereocenters. The van der Waals surface area contributed by atoms with Crippen molar-refractivity contribution in [3.63, 3.8) is 0 Å². The van der Waals surface area contributed by atoms with Crippen molar-refractivity contribution in [1.29, 1.82) is 0 Å². The Morgan fingerprint density at radius 2 is 1.69 bits per heavy atom. The van der Waals surface area contributed by atoms with E-state index in [2.05, 4.69) is 26.6 Å². The summed E-state index contributed by atoms with van der Waals surface area (Å²) in [6.07, 6.45) is -0.364. The van der Waals surface area contributed by atoms with Crippen LogP contribution >= 0.6 is 0 Å². The highest BCUT2D eigenvalue weighted by molar-refractivity contribution is 6.01. The van der Waals surface area contributed by atoms with E-state index in [1.54, 1.807) is 83.1 Å². The van der Waals surface area contributed by atoms with E-state index in [9.17, 15) is 43.5 Å². The van der Waals surface area contributed by atoms with E-state index in [1.807, 2.05) is 6.07 Å². The molecule has 0 fully saturated rings. The number of fused-ring (bicyclic) bond motifs is 5. The number of urea groups is 1. The van der Waals surface area contributed by atoms with Crippen LogP contribution in [0.5, 0.6) is 0 Å². The topological polar surface area (TPSA) is 279 Å². The Hall–Kier alpha value is -7.15. The van der Waals surface area contributed by atoms with Crippen molar-refractivity contribution in [2.45, 2.75) is 104 Å². The lowest BCUT2D eigenvalue weighted by Crippen LogP contribution is -2.54. The van der Waals surface area contributed by atoms with E-state index in [0.717, 1.165) is 0 Å². The van der Waals surface area contributed by atoms with Gasteiger partial charge in [-0.15, -0.1) is 0 Å². The van der Waals surface area contributed by atoms with Crippen molar-refractivity contribution in [3.8, 4) is 11.4 Å². The van der Waals surface area contributed by atoms with Gasteiger partial charge in [0, 0.05) is 47.5 Å². The first kappa shape index (κ1) is 47.3. The second-order valence-corrected chi connectivity index (χ2v) is 16.8. The molecule has 0 aliphatic carbocycles. The molecule has 2 aliphatic rings. The monoisotopic (exact) mass is 894 g/mol. The van der Waals surface area contributed by atoms with Gasteiger partial charge in [-0.25, -0.2) is 19.4 Å². The minimum Gasteiger partial charge on any atom is -0.458 e. The zero-order chi connectivity index (χ0) is 47.2. The molecule has 4 aromatic rings. The van der Waals surface area contributed by atoms with Crippen LogP contribution in [0.1, 0.15) is 89.0 Å². The number of aromatic nitrogens is 2. The predicted octanol–water partition coefficient (Wildman–Crippen LogP) is 3.85. The number of aliphatic hydroxyl groups is 1. The summed E-state index contributed by atoms with van der Waals surface area (Å²) in [5, 5.41) is 25.2. The fraction of sp³-hybridized carbons (Fsp3) is 0.413. The Bertz CT molecular complexity index is 2590. The Kier molecular flexibility index (Phi) is 14.7. The number of anilines is 2. The first-order valence-electron chi connectivity index (χ1n) is 21.5. The van der Waals surface area contributed by atoms with Gasteiger partial charge in [0.05, 0.1) is 34.7 Å². The summed E-state index contributed by atoms with van der Waals surface area (Å²) in [5.74, 6) is -3.07. The van der Waals surface area contributed by atoms with Crippen LogP contribution in [0.2, 0.25) is 0 Å². The van der Waals surface area contributed by atoms with E-state index < -0.39 is 53.5 Å². The van der Waals surface area contributed by atoms with Crippen LogP contribution in [0.15, 0.2) is 59.4 Å². The number of cyclic esters (lactones) is 1. The van der Waals surface area contributed by atoms with Crippen LogP contribution < -0.4 is 37.9 Å². The van der Waals surface area contributed by atoms with Crippen LogP contribution in [0.25, 0.3) is 22.3 Å². The van der Waals surface area contributed by atoms with Crippen molar-refractivity contribution in [2.24, 2.45) is 17.6 Å². The first-order valence-corrected chi connectivity index (χ1v) is 21.5. The number of ketones is 1. The van der Waals surface area contributed by atoms with Gasteiger partial charge in [-0.1, -0.05) is 52.8 Å². The highest BCUT2D eigenvalue weighted by Crippen LogP contribution is 2.39. The van der Waals surface area contributed by atoms with Crippen molar-refractivity contribution >= 4 is 63.9 Å². The molecule has 6 amide bonds. The molecular weight excluding hydrogens is 841 g/mol. The van der Waals surface area contributed by atoms with Crippen molar-refractivity contribution < 1.29 is 48.1 Å². The second-order valence-electron chi connectivity index (χ2n) is 16.8. The number of esters is 1. The largest absolute Gasteiger partial charge is 0.458 e. The van der Waals surface area contributed by atoms with Crippen molar-refractivity contribution in [2.75, 3.05) is 17.2 Å². The molecule has 8 N–H and O–H groups in total. The summed E-state index contributed by atoms with van der Waals surface area (Å²) >= 11 is 0. The molecular formula is C46H54N8O11. The van der Waals surface area contributed by atoms with E-state index >= 15 is 0 Å². The fourth-order valence-corrected chi connectivity index (χ4v) is 7.67. The number of hydrogen-bond acceptors (Lipinski definition) is 12. The average Bonchev–Trinajstić information content (AvgIpc) is 3.63. The number of nitrogens with zero attached hydrogens (tertiary/aromatic N) is 2. The number of carbonyl (C=O) groups is 7. The van der Waals surface area contributed by atoms with E-state index in [1.165, 1.54) is 4.57 Å². The summed E-state index contributed by atoms with van der Waals surface area (Å²) in [7, 11) is 0. The van der Waals surface area contributed by atoms with Crippen molar-refractivity contribution in [1.82, 2.24) is 25.5 Å². The summed E-state index contributed by atoms with van der Waals surface area (Å²) in [4.78, 5) is 107. The van der Waals surface area contributed by atoms with Crippen LogP contribution in [0, 0.1) is 11.8 Å². The first-order chi connectivity index (χ1) is 30.9. The molecule has 4 heterocycles. The molecule has 0 saturated heterocycles. The van der Waals surface area contributed by atoms with Gasteiger partial charge in [0.25, 0.3) is 5.56 Å². The molecule has 19 heteroatoms. The third-order valence-corrected chi connectivity index (χ3v) is 11.5. The summed E-state index contributed by atoms with van der Waals surface area (Å²) in [6, 6.07) is 12.3. The summed E-state index contributed by atoms with van der Waals surface area (Å²) < 4.78 is 12.2. The molecule has 0 radical (unpaired) electrons. The number of amides is 6. The van der Waals surface area contributed by atoms with E-state index in [-0.39, 0.29) is 92.7 Å². The van der Waals surface area contributed by atoms with Gasteiger partial charge in [-0.3, -0.25) is 29.3 Å². The van der Waals surface area contributed by atoms with Gasteiger partial charge in [0.15, 0.2) is 5.60 Å². The number of nitrogens with two attached hydrogens (primary N) is 1. The summed E-state index contributed by atoms with van der Waals surface area (Å²) in [6.45, 7) is 8.57. The zero-order valence-electron chi connectivity index (χ0n) is 36.9. The quantitative estimate of drug-likeness (QED) is 0.0488. The second kappa shape index (κ2) is 20.1. The third kappa shape index (κ3) is 10.8. The average molecular weight is 895 g/mol. The Morgan fingerprint density at radius 3 is 2.37 bits per heavy atom. The highest BCUT2D eigenvalue weighted by atomic mass is 16.6. The van der Waals surface area contributed by atoms with E-state index in [0.29, 0.717) is 44.8 Å². The maximum atomic E-state index is 13.6. The Balaban J connectivity index is 1.07. The fourth-order valence-electron chi connectivity index (χ4n) is 7.67. The molecule has 0 unspecified atom stereocenters. The SMILES string of the molecule is CC[C@@]1(O)C(=O)OCc2c1cc1n(c2=O)Cc2cc3c(NC(=O)OCc4ccc(NC(=O)[C@H](CCCNC(N)=O)NC(=O)[C@@H](NC(=O)CCC(=O)C(C)C)C(C)C)cc4)cccc3nc2-1. The molecule has 344 valence electrons. The number of benzene rings is 2. The van der Waals surface area contributed by atoms with Crippen LogP contribution in [0.4, 0.5) is 21.0 Å². The molecule has 0 saturated carbocycles. The molecule has 6 rings (SSSR count). The van der Waals surface area contributed by atoms with E-state index in [4.69, 9.17) is 20.2 Å². The van der Waals surface area contributed by atoms with Gasteiger partial charge in [0.1, 0.15) is 31.1 Å². The molecule has 0 bridgehead atoms. The van der Waals surface area contributed by atoms with Crippen LogP contribution in [-0.4, -0.2) is 74.9 Å². The van der Waals surface area contributed by atoms with Gasteiger partial charge >= 0.3 is 18.1 Å². The molecule has 2 aromatic carbocycles.